The lowest BCUT2D eigenvalue weighted by Crippen LogP contribution is -2.04. The molecule has 1 aromatic heterocycles. The molecule has 0 radical (unpaired) electrons. The van der Waals surface area contributed by atoms with E-state index in [1.54, 1.807) is 7.11 Å². The number of nitrogens with zero attached hydrogens (tertiary/aromatic N) is 2. The van der Waals surface area contributed by atoms with Gasteiger partial charge in [0.2, 0.25) is 5.95 Å². The van der Waals surface area contributed by atoms with E-state index in [-0.39, 0.29) is 0 Å². The van der Waals surface area contributed by atoms with E-state index in [1.807, 2.05) is 50.2 Å². The Morgan fingerprint density at radius 2 is 1.65 bits per heavy atom. The molecule has 2 aromatic carbocycles. The first-order chi connectivity index (χ1) is 12.5. The van der Waals surface area contributed by atoms with Crippen LogP contribution in [0.25, 0.3) is 0 Å². The number of benzene rings is 2. The summed E-state index contributed by atoms with van der Waals surface area (Å²) in [5, 5.41) is 6.67. The molecule has 1 heterocycles. The predicted molar refractivity (Wildman–Crippen MR) is 107 cm³/mol. The summed E-state index contributed by atoms with van der Waals surface area (Å²) in [5.74, 6) is 2.05. The molecule has 3 aromatic rings. The summed E-state index contributed by atoms with van der Waals surface area (Å²) >= 11 is 0. The molecule has 0 spiro atoms. The third-order valence-electron chi connectivity index (χ3n) is 4.32. The highest BCUT2D eigenvalue weighted by atomic mass is 16.5. The van der Waals surface area contributed by atoms with Crippen LogP contribution in [0.15, 0.2) is 42.5 Å². The van der Waals surface area contributed by atoms with Crippen molar-refractivity contribution in [3.05, 3.63) is 64.8 Å². The molecule has 0 fully saturated rings. The average molecular weight is 348 g/mol. The van der Waals surface area contributed by atoms with Gasteiger partial charge >= 0.3 is 0 Å². The topological polar surface area (TPSA) is 59.1 Å². The fraction of sp³-hybridized carbons (Fsp3) is 0.238. The maximum atomic E-state index is 5.44. The lowest BCUT2D eigenvalue weighted by Gasteiger charge is -2.14. The number of rotatable bonds is 5. The van der Waals surface area contributed by atoms with E-state index >= 15 is 0 Å². The largest absolute Gasteiger partial charge is 0.495 e. The standard InChI is InChI=1S/C21H24N4O/c1-13-9-10-19(26-5)18(11-13)23-20-12-15(3)22-21(25-20)24-17-8-6-7-14(2)16(17)4/h6-12H,1-5H3,(H2,22,23,24,25). The molecule has 0 bridgehead atoms. The summed E-state index contributed by atoms with van der Waals surface area (Å²) < 4.78 is 5.44. The Morgan fingerprint density at radius 3 is 2.42 bits per heavy atom. The molecule has 0 amide bonds. The average Bonchev–Trinajstić information content (AvgIpc) is 2.59. The Balaban J connectivity index is 1.91. The minimum absolute atomic E-state index is 0.563. The van der Waals surface area contributed by atoms with E-state index < -0.39 is 0 Å². The quantitative estimate of drug-likeness (QED) is 0.663. The molecule has 0 aliphatic rings. The summed E-state index contributed by atoms with van der Waals surface area (Å²) in [6, 6.07) is 14.1. The molecule has 5 heteroatoms. The molecular weight excluding hydrogens is 324 g/mol. The number of anilines is 4. The zero-order valence-electron chi connectivity index (χ0n) is 15.8. The molecule has 3 rings (SSSR count). The summed E-state index contributed by atoms with van der Waals surface area (Å²) in [4.78, 5) is 9.12. The second kappa shape index (κ2) is 7.44. The molecule has 5 nitrogen and oxygen atoms in total. The van der Waals surface area contributed by atoms with Crippen molar-refractivity contribution in [2.24, 2.45) is 0 Å². The fourth-order valence-electron chi connectivity index (χ4n) is 2.75. The van der Waals surface area contributed by atoms with Gasteiger partial charge in [0, 0.05) is 17.4 Å². The first-order valence-corrected chi connectivity index (χ1v) is 8.57. The first-order valence-electron chi connectivity index (χ1n) is 8.57. The van der Waals surface area contributed by atoms with Crippen LogP contribution in [0.3, 0.4) is 0 Å². The van der Waals surface area contributed by atoms with E-state index in [9.17, 15) is 0 Å². The Bertz CT molecular complexity index is 937. The predicted octanol–water partition coefficient (Wildman–Crippen LogP) is 5.21. The Kier molecular flexibility index (Phi) is 5.07. The van der Waals surface area contributed by atoms with Gasteiger partial charge in [-0.1, -0.05) is 18.2 Å². The molecule has 0 saturated carbocycles. The zero-order valence-corrected chi connectivity index (χ0v) is 15.8. The van der Waals surface area contributed by atoms with Crippen LogP contribution in [0.4, 0.5) is 23.1 Å². The number of aryl methyl sites for hydroxylation is 3. The van der Waals surface area contributed by atoms with Crippen molar-refractivity contribution in [1.29, 1.82) is 0 Å². The fourth-order valence-corrected chi connectivity index (χ4v) is 2.75. The highest BCUT2D eigenvalue weighted by molar-refractivity contribution is 5.67. The van der Waals surface area contributed by atoms with Gasteiger partial charge in [0.15, 0.2) is 0 Å². The van der Waals surface area contributed by atoms with Crippen molar-refractivity contribution in [3.63, 3.8) is 0 Å². The normalized spacial score (nSPS) is 10.5. The Labute approximate surface area is 154 Å². The Hall–Kier alpha value is -3.08. The molecule has 26 heavy (non-hydrogen) atoms. The van der Waals surface area contributed by atoms with E-state index in [0.29, 0.717) is 11.8 Å². The van der Waals surface area contributed by atoms with Crippen LogP contribution in [0.2, 0.25) is 0 Å². The Morgan fingerprint density at radius 1 is 0.846 bits per heavy atom. The van der Waals surface area contributed by atoms with Gasteiger partial charge in [-0.05, 0) is 62.6 Å². The highest BCUT2D eigenvalue weighted by Crippen LogP contribution is 2.29. The second-order valence-corrected chi connectivity index (χ2v) is 6.42. The molecule has 0 unspecified atom stereocenters. The summed E-state index contributed by atoms with van der Waals surface area (Å²) in [7, 11) is 1.66. The molecule has 2 N–H and O–H groups in total. The van der Waals surface area contributed by atoms with Crippen molar-refractivity contribution in [2.75, 3.05) is 17.7 Å². The molecule has 0 aliphatic carbocycles. The van der Waals surface area contributed by atoms with Crippen molar-refractivity contribution in [3.8, 4) is 5.75 Å². The number of aromatic nitrogens is 2. The van der Waals surface area contributed by atoms with E-state index in [2.05, 4.69) is 40.5 Å². The number of nitrogens with one attached hydrogen (secondary N) is 2. The van der Waals surface area contributed by atoms with E-state index in [0.717, 1.165) is 28.4 Å². The number of methoxy groups -OCH3 is 1. The van der Waals surface area contributed by atoms with Gasteiger partial charge in [-0.15, -0.1) is 0 Å². The van der Waals surface area contributed by atoms with Crippen molar-refractivity contribution in [1.82, 2.24) is 9.97 Å². The van der Waals surface area contributed by atoms with Gasteiger partial charge in [-0.25, -0.2) is 4.98 Å². The van der Waals surface area contributed by atoms with Gasteiger partial charge in [-0.2, -0.15) is 4.98 Å². The van der Waals surface area contributed by atoms with Crippen LogP contribution in [-0.4, -0.2) is 17.1 Å². The van der Waals surface area contributed by atoms with Gasteiger partial charge in [0.1, 0.15) is 11.6 Å². The monoisotopic (exact) mass is 348 g/mol. The van der Waals surface area contributed by atoms with Crippen LogP contribution >= 0.6 is 0 Å². The van der Waals surface area contributed by atoms with Crippen LogP contribution in [0, 0.1) is 27.7 Å². The minimum Gasteiger partial charge on any atom is -0.495 e. The number of ether oxygens (including phenoxy) is 1. The molecule has 134 valence electrons. The second-order valence-electron chi connectivity index (χ2n) is 6.42. The zero-order chi connectivity index (χ0) is 18.7. The third kappa shape index (κ3) is 3.94. The smallest absolute Gasteiger partial charge is 0.229 e. The first kappa shape index (κ1) is 17.7. The van der Waals surface area contributed by atoms with Gasteiger partial charge in [0.05, 0.1) is 12.8 Å². The van der Waals surface area contributed by atoms with Crippen molar-refractivity contribution in [2.45, 2.75) is 27.7 Å². The van der Waals surface area contributed by atoms with E-state index in [4.69, 9.17) is 4.74 Å². The highest BCUT2D eigenvalue weighted by Gasteiger charge is 2.08. The van der Waals surface area contributed by atoms with Gasteiger partial charge in [-0.3, -0.25) is 0 Å². The number of hydrogen-bond donors (Lipinski definition) is 2. The van der Waals surface area contributed by atoms with Crippen molar-refractivity contribution < 1.29 is 4.74 Å². The summed E-state index contributed by atoms with van der Waals surface area (Å²) in [5.41, 5.74) is 6.32. The van der Waals surface area contributed by atoms with Crippen LogP contribution in [0.5, 0.6) is 5.75 Å². The maximum Gasteiger partial charge on any atom is 0.229 e. The molecular formula is C21H24N4O. The van der Waals surface area contributed by atoms with Crippen LogP contribution in [0.1, 0.15) is 22.4 Å². The molecule has 0 atom stereocenters. The van der Waals surface area contributed by atoms with Crippen LogP contribution < -0.4 is 15.4 Å². The molecule has 0 saturated heterocycles. The van der Waals surface area contributed by atoms with Crippen molar-refractivity contribution >= 4 is 23.1 Å². The SMILES string of the molecule is COc1ccc(C)cc1Nc1cc(C)nc(Nc2cccc(C)c2C)n1. The van der Waals surface area contributed by atoms with E-state index in [1.165, 1.54) is 11.1 Å². The maximum absolute atomic E-state index is 5.44. The van der Waals surface area contributed by atoms with Gasteiger partial charge < -0.3 is 15.4 Å². The molecule has 0 aliphatic heterocycles. The lowest BCUT2D eigenvalue weighted by molar-refractivity contribution is 0.416. The number of hydrogen-bond acceptors (Lipinski definition) is 5. The van der Waals surface area contributed by atoms with Crippen LogP contribution in [-0.2, 0) is 0 Å². The summed E-state index contributed by atoms with van der Waals surface area (Å²) in [6.45, 7) is 8.18. The third-order valence-corrected chi connectivity index (χ3v) is 4.32. The van der Waals surface area contributed by atoms with Gasteiger partial charge in [0.25, 0.3) is 0 Å². The lowest BCUT2D eigenvalue weighted by atomic mass is 10.1. The summed E-state index contributed by atoms with van der Waals surface area (Å²) in [6.07, 6.45) is 0. The minimum atomic E-state index is 0.563.